The molecular weight excluding hydrogens is 348 g/mol. The van der Waals surface area contributed by atoms with Crippen molar-refractivity contribution in [3.63, 3.8) is 0 Å². The Bertz CT molecular complexity index is 711. The van der Waals surface area contributed by atoms with Gasteiger partial charge in [-0.1, -0.05) is 53.7 Å². The summed E-state index contributed by atoms with van der Waals surface area (Å²) < 4.78 is 12.8. The van der Waals surface area contributed by atoms with Gasteiger partial charge < -0.3 is 9.16 Å². The summed E-state index contributed by atoms with van der Waals surface area (Å²) in [5.74, 6) is 1.71. The number of ether oxygens (including phenoxy) is 1. The molecule has 0 N–H and O–H groups in total. The highest BCUT2D eigenvalue weighted by atomic mass is 32.9. The molecule has 0 bridgehead atoms. The van der Waals surface area contributed by atoms with E-state index in [-0.39, 0.29) is 5.04 Å². The van der Waals surface area contributed by atoms with Gasteiger partial charge in [0.25, 0.3) is 0 Å². The average Bonchev–Trinajstić information content (AvgIpc) is 2.83. The molecule has 0 fully saturated rings. The first-order chi connectivity index (χ1) is 10.1. The van der Waals surface area contributed by atoms with Gasteiger partial charge in [0.15, 0.2) is 0 Å². The molecule has 0 amide bonds. The molecule has 22 heavy (non-hydrogen) atoms. The molecule has 1 aromatic carbocycles. The summed E-state index contributed by atoms with van der Waals surface area (Å²) >= 11 is 5.22. The lowest BCUT2D eigenvalue weighted by Crippen LogP contribution is -2.43. The van der Waals surface area contributed by atoms with E-state index < -0.39 is 8.32 Å². The Morgan fingerprint density at radius 1 is 1.09 bits per heavy atom. The highest BCUT2D eigenvalue weighted by Crippen LogP contribution is 2.41. The number of rotatable bonds is 4. The SMILES string of the molecule is COc1cc(O[Si](C)(C)C(C)(C)C)ccc1-c1cc(=S)ss1. The monoisotopic (exact) mass is 370 g/mol. The van der Waals surface area contributed by atoms with Gasteiger partial charge in [-0.2, -0.15) is 0 Å². The third-order valence-corrected chi connectivity index (χ3v) is 11.3. The fraction of sp³-hybridized carbons (Fsp3) is 0.438. The Balaban J connectivity index is 2.36. The Morgan fingerprint density at radius 2 is 1.77 bits per heavy atom. The molecule has 6 heteroatoms. The van der Waals surface area contributed by atoms with Gasteiger partial charge in [0.05, 0.1) is 12.0 Å². The first-order valence-electron chi connectivity index (χ1n) is 7.12. The summed E-state index contributed by atoms with van der Waals surface area (Å²) in [5, 5.41) is 0.172. The zero-order valence-electron chi connectivity index (χ0n) is 13.9. The minimum atomic E-state index is -1.84. The Labute approximate surface area is 146 Å². The predicted octanol–water partition coefficient (Wildman–Crippen LogP) is 6.60. The molecule has 1 aromatic heterocycles. The van der Waals surface area contributed by atoms with Crippen LogP contribution in [0.2, 0.25) is 18.1 Å². The molecule has 0 spiro atoms. The molecule has 2 aromatic rings. The van der Waals surface area contributed by atoms with Crippen molar-refractivity contribution in [1.29, 1.82) is 0 Å². The van der Waals surface area contributed by atoms with E-state index in [2.05, 4.69) is 39.9 Å². The van der Waals surface area contributed by atoms with E-state index in [4.69, 9.17) is 21.4 Å². The fourth-order valence-corrected chi connectivity index (χ4v) is 5.18. The van der Waals surface area contributed by atoms with Crippen molar-refractivity contribution in [2.24, 2.45) is 0 Å². The van der Waals surface area contributed by atoms with Crippen LogP contribution in [-0.2, 0) is 0 Å². The molecular formula is C16H22O2S3Si. The van der Waals surface area contributed by atoms with Crippen molar-refractivity contribution < 1.29 is 9.16 Å². The highest BCUT2D eigenvalue weighted by Gasteiger charge is 2.39. The van der Waals surface area contributed by atoms with Crippen molar-refractivity contribution in [3.05, 3.63) is 28.1 Å². The molecule has 0 saturated carbocycles. The molecule has 0 unspecified atom stereocenters. The third kappa shape index (κ3) is 3.79. The van der Waals surface area contributed by atoms with Crippen molar-refractivity contribution in [3.8, 4) is 21.9 Å². The minimum Gasteiger partial charge on any atom is -0.543 e. The molecule has 1 heterocycles. The molecule has 0 radical (unpaired) electrons. The first kappa shape index (κ1) is 17.7. The quantitative estimate of drug-likeness (QED) is 0.343. The standard InChI is InChI=1S/C16H22O2S3Si/c1-16(2,3)22(5,6)18-11-7-8-12(13(9-11)17-4)14-10-15(19)21-20-14/h7-10H,1-6H3. The topological polar surface area (TPSA) is 18.5 Å². The van der Waals surface area contributed by atoms with Gasteiger partial charge in [0.1, 0.15) is 15.3 Å². The van der Waals surface area contributed by atoms with Gasteiger partial charge in [-0.3, -0.25) is 0 Å². The second-order valence-electron chi connectivity index (χ2n) is 6.72. The second kappa shape index (κ2) is 6.43. The minimum absolute atomic E-state index is 0.172. The smallest absolute Gasteiger partial charge is 0.250 e. The highest BCUT2D eigenvalue weighted by molar-refractivity contribution is 7.80. The van der Waals surface area contributed by atoms with Crippen LogP contribution in [0.25, 0.3) is 10.4 Å². The van der Waals surface area contributed by atoms with E-state index in [1.54, 1.807) is 27.8 Å². The van der Waals surface area contributed by atoms with E-state index in [1.165, 1.54) is 0 Å². The lowest BCUT2D eigenvalue weighted by Gasteiger charge is -2.36. The molecule has 0 saturated heterocycles. The zero-order chi connectivity index (χ0) is 16.5. The predicted molar refractivity (Wildman–Crippen MR) is 103 cm³/mol. The summed E-state index contributed by atoms with van der Waals surface area (Å²) in [5.41, 5.74) is 1.07. The van der Waals surface area contributed by atoms with Gasteiger partial charge in [-0.25, -0.2) is 0 Å². The van der Waals surface area contributed by atoms with Gasteiger partial charge in [0.2, 0.25) is 8.32 Å². The molecule has 0 aliphatic heterocycles. The van der Waals surface area contributed by atoms with Crippen molar-refractivity contribution in [1.82, 2.24) is 0 Å². The maximum atomic E-state index is 6.35. The summed E-state index contributed by atoms with van der Waals surface area (Å²) in [6, 6.07) is 8.11. The van der Waals surface area contributed by atoms with Gasteiger partial charge in [-0.15, -0.1) is 0 Å². The summed E-state index contributed by atoms with van der Waals surface area (Å²) in [6.45, 7) is 11.2. The van der Waals surface area contributed by atoms with Gasteiger partial charge >= 0.3 is 0 Å². The number of benzene rings is 1. The number of methoxy groups -OCH3 is 1. The van der Waals surface area contributed by atoms with Crippen LogP contribution in [-0.4, -0.2) is 15.4 Å². The molecule has 0 aliphatic rings. The van der Waals surface area contributed by atoms with Crippen LogP contribution in [0.4, 0.5) is 0 Å². The van der Waals surface area contributed by atoms with Gasteiger partial charge in [-0.05, 0) is 36.3 Å². The van der Waals surface area contributed by atoms with E-state index in [0.29, 0.717) is 0 Å². The van der Waals surface area contributed by atoms with Crippen LogP contribution < -0.4 is 9.16 Å². The zero-order valence-corrected chi connectivity index (χ0v) is 17.3. The molecule has 2 rings (SSSR count). The van der Waals surface area contributed by atoms with Crippen LogP contribution in [0.15, 0.2) is 24.3 Å². The Morgan fingerprint density at radius 3 is 2.27 bits per heavy atom. The number of hydrogen-bond acceptors (Lipinski definition) is 5. The molecule has 2 nitrogen and oxygen atoms in total. The normalized spacial score (nSPS) is 12.3. The van der Waals surface area contributed by atoms with E-state index in [9.17, 15) is 0 Å². The fourth-order valence-electron chi connectivity index (χ4n) is 1.75. The maximum absolute atomic E-state index is 6.35. The Hall–Kier alpha value is -0.693. The van der Waals surface area contributed by atoms with Crippen LogP contribution in [0.3, 0.4) is 0 Å². The second-order valence-corrected chi connectivity index (χ2v) is 14.4. The van der Waals surface area contributed by atoms with Crippen LogP contribution in [0.1, 0.15) is 20.8 Å². The molecule has 0 atom stereocenters. The van der Waals surface area contributed by atoms with E-state index in [1.807, 2.05) is 18.2 Å². The van der Waals surface area contributed by atoms with Crippen molar-refractivity contribution in [2.45, 2.75) is 38.9 Å². The van der Waals surface area contributed by atoms with Crippen LogP contribution >= 0.6 is 32.9 Å². The van der Waals surface area contributed by atoms with E-state index in [0.717, 1.165) is 25.8 Å². The average molecular weight is 371 g/mol. The molecule has 120 valence electrons. The lowest BCUT2D eigenvalue weighted by atomic mass is 10.1. The summed E-state index contributed by atoms with van der Waals surface area (Å²) in [7, 11) is 3.15. The molecule has 0 aliphatic carbocycles. The largest absolute Gasteiger partial charge is 0.543 e. The van der Waals surface area contributed by atoms with E-state index >= 15 is 0 Å². The van der Waals surface area contributed by atoms with Crippen LogP contribution in [0.5, 0.6) is 11.5 Å². The van der Waals surface area contributed by atoms with Gasteiger partial charge in [0, 0.05) is 11.6 Å². The van der Waals surface area contributed by atoms with Crippen LogP contribution in [0, 0.1) is 3.82 Å². The van der Waals surface area contributed by atoms with Crippen molar-refractivity contribution >= 4 is 41.2 Å². The summed E-state index contributed by atoms with van der Waals surface area (Å²) in [4.78, 5) is 1.14. The lowest BCUT2D eigenvalue weighted by molar-refractivity contribution is 0.412. The third-order valence-electron chi connectivity index (χ3n) is 4.08. The first-order valence-corrected chi connectivity index (χ1v) is 12.6. The summed E-state index contributed by atoms with van der Waals surface area (Å²) in [6.07, 6.45) is 0. The Kier molecular flexibility index (Phi) is 5.16. The van der Waals surface area contributed by atoms with Crippen molar-refractivity contribution in [2.75, 3.05) is 7.11 Å². The number of hydrogen-bond donors (Lipinski definition) is 0. The maximum Gasteiger partial charge on any atom is 0.250 e.